The fourth-order valence-corrected chi connectivity index (χ4v) is 2.89. The molecule has 0 bridgehead atoms. The lowest BCUT2D eigenvalue weighted by atomic mass is 10.1. The zero-order chi connectivity index (χ0) is 19.4. The van der Waals surface area contributed by atoms with E-state index < -0.39 is 5.97 Å². The molecule has 8 heteroatoms. The summed E-state index contributed by atoms with van der Waals surface area (Å²) in [5.74, 6) is -1.56. The van der Waals surface area contributed by atoms with E-state index in [9.17, 15) is 14.4 Å². The van der Waals surface area contributed by atoms with E-state index in [2.05, 4.69) is 16.9 Å². The molecule has 0 saturated carbocycles. The molecular formula is C19H20N4O4. The standard InChI is InChI=1S/C19H20N4O4/c1-2-13-3-5-14(6-4-13)17(24)22-7-9-23(10-8-22)18(25)15-11-21-16(12-20-15)19(26)27/h3-6,11-12H,2,7-10H2,1H3,(H,26,27). The number of carboxylic acid groups (broad SMARTS) is 1. The highest BCUT2D eigenvalue weighted by Gasteiger charge is 2.26. The minimum atomic E-state index is -1.19. The van der Waals surface area contributed by atoms with E-state index in [1.54, 1.807) is 9.80 Å². The summed E-state index contributed by atoms with van der Waals surface area (Å²) >= 11 is 0. The Morgan fingerprint density at radius 1 is 0.889 bits per heavy atom. The number of hydrogen-bond donors (Lipinski definition) is 1. The summed E-state index contributed by atoms with van der Waals surface area (Å²) in [6.45, 7) is 3.70. The molecule has 2 amide bonds. The third-order valence-electron chi connectivity index (χ3n) is 4.55. The van der Waals surface area contributed by atoms with Crippen molar-refractivity contribution in [2.45, 2.75) is 13.3 Å². The molecule has 27 heavy (non-hydrogen) atoms. The van der Waals surface area contributed by atoms with Crippen molar-refractivity contribution in [3.05, 3.63) is 59.2 Å². The van der Waals surface area contributed by atoms with Crippen LogP contribution in [0.4, 0.5) is 0 Å². The number of piperazine rings is 1. The maximum Gasteiger partial charge on any atom is 0.356 e. The number of nitrogens with zero attached hydrogens (tertiary/aromatic N) is 4. The van der Waals surface area contributed by atoms with Gasteiger partial charge in [0, 0.05) is 31.7 Å². The fraction of sp³-hybridized carbons (Fsp3) is 0.316. The predicted molar refractivity (Wildman–Crippen MR) is 96.6 cm³/mol. The molecule has 0 aliphatic carbocycles. The number of carbonyl (C=O) groups is 3. The second-order valence-corrected chi connectivity index (χ2v) is 6.23. The van der Waals surface area contributed by atoms with Crippen molar-refractivity contribution in [2.75, 3.05) is 26.2 Å². The van der Waals surface area contributed by atoms with E-state index in [-0.39, 0.29) is 23.2 Å². The Bertz CT molecular complexity index is 841. The Morgan fingerprint density at radius 3 is 1.89 bits per heavy atom. The van der Waals surface area contributed by atoms with E-state index in [0.717, 1.165) is 12.6 Å². The van der Waals surface area contributed by atoms with Crippen LogP contribution in [0.3, 0.4) is 0 Å². The van der Waals surface area contributed by atoms with Crippen LogP contribution in [0.5, 0.6) is 0 Å². The van der Waals surface area contributed by atoms with Gasteiger partial charge in [-0.3, -0.25) is 9.59 Å². The summed E-state index contributed by atoms with van der Waals surface area (Å²) < 4.78 is 0. The highest BCUT2D eigenvalue weighted by atomic mass is 16.4. The lowest BCUT2D eigenvalue weighted by molar-refractivity contribution is 0.0532. The molecule has 1 aliphatic heterocycles. The van der Waals surface area contributed by atoms with E-state index >= 15 is 0 Å². The van der Waals surface area contributed by atoms with Crippen LogP contribution in [0, 0.1) is 0 Å². The number of aromatic nitrogens is 2. The average Bonchev–Trinajstić information content (AvgIpc) is 2.73. The maximum atomic E-state index is 12.6. The van der Waals surface area contributed by atoms with Crippen molar-refractivity contribution >= 4 is 17.8 Å². The van der Waals surface area contributed by atoms with Gasteiger partial charge in [0.2, 0.25) is 0 Å². The molecule has 1 N–H and O–H groups in total. The van der Waals surface area contributed by atoms with E-state index in [1.807, 2.05) is 24.3 Å². The minimum Gasteiger partial charge on any atom is -0.476 e. The number of carbonyl (C=O) groups excluding carboxylic acids is 2. The number of hydrogen-bond acceptors (Lipinski definition) is 5. The Balaban J connectivity index is 1.59. The van der Waals surface area contributed by atoms with Crippen molar-refractivity contribution in [2.24, 2.45) is 0 Å². The third kappa shape index (κ3) is 4.11. The number of benzene rings is 1. The van der Waals surface area contributed by atoms with Gasteiger partial charge >= 0.3 is 5.97 Å². The van der Waals surface area contributed by atoms with E-state index in [4.69, 9.17) is 5.11 Å². The summed E-state index contributed by atoms with van der Waals surface area (Å²) in [5, 5.41) is 8.83. The minimum absolute atomic E-state index is 0.0460. The summed E-state index contributed by atoms with van der Waals surface area (Å²) in [5.41, 5.74) is 1.70. The molecule has 1 fully saturated rings. The molecule has 2 aromatic rings. The highest BCUT2D eigenvalue weighted by molar-refractivity contribution is 5.95. The number of rotatable bonds is 4. The van der Waals surface area contributed by atoms with Gasteiger partial charge in [0.05, 0.1) is 12.4 Å². The van der Waals surface area contributed by atoms with Crippen molar-refractivity contribution in [1.82, 2.24) is 19.8 Å². The highest BCUT2D eigenvalue weighted by Crippen LogP contribution is 2.12. The van der Waals surface area contributed by atoms with Crippen molar-refractivity contribution in [3.63, 3.8) is 0 Å². The molecule has 0 unspecified atom stereocenters. The van der Waals surface area contributed by atoms with Crippen molar-refractivity contribution in [3.8, 4) is 0 Å². The quantitative estimate of drug-likeness (QED) is 0.873. The van der Waals surface area contributed by atoms with Gasteiger partial charge in [0.15, 0.2) is 5.69 Å². The first-order chi connectivity index (χ1) is 13.0. The summed E-state index contributed by atoms with van der Waals surface area (Å²) in [7, 11) is 0. The first kappa shape index (κ1) is 18.5. The van der Waals surface area contributed by atoms with Gasteiger partial charge in [-0.2, -0.15) is 0 Å². The van der Waals surface area contributed by atoms with Crippen LogP contribution in [0.25, 0.3) is 0 Å². The average molecular weight is 368 g/mol. The monoisotopic (exact) mass is 368 g/mol. The Morgan fingerprint density at radius 2 is 1.41 bits per heavy atom. The summed E-state index contributed by atoms with van der Waals surface area (Å²) in [6, 6.07) is 7.56. The molecule has 0 spiro atoms. The van der Waals surface area contributed by atoms with Crippen LogP contribution in [0.2, 0.25) is 0 Å². The summed E-state index contributed by atoms with van der Waals surface area (Å²) in [6.07, 6.45) is 3.15. The van der Waals surface area contributed by atoms with Crippen molar-refractivity contribution in [1.29, 1.82) is 0 Å². The van der Waals surface area contributed by atoms with Crippen LogP contribution in [-0.4, -0.2) is 68.8 Å². The normalized spacial score (nSPS) is 14.1. The van der Waals surface area contributed by atoms with Crippen LogP contribution in [0.1, 0.15) is 43.8 Å². The topological polar surface area (TPSA) is 104 Å². The second kappa shape index (κ2) is 7.94. The van der Waals surface area contributed by atoms with Crippen LogP contribution in [0.15, 0.2) is 36.7 Å². The zero-order valence-corrected chi connectivity index (χ0v) is 15.0. The molecule has 140 valence electrons. The molecule has 8 nitrogen and oxygen atoms in total. The Hall–Kier alpha value is -3.29. The van der Waals surface area contributed by atoms with Crippen LogP contribution < -0.4 is 0 Å². The molecule has 0 atom stereocenters. The number of carboxylic acids is 1. The number of amides is 2. The van der Waals surface area contributed by atoms with Gasteiger partial charge in [-0.1, -0.05) is 19.1 Å². The molecule has 3 rings (SSSR count). The van der Waals surface area contributed by atoms with Gasteiger partial charge in [-0.25, -0.2) is 14.8 Å². The predicted octanol–water partition coefficient (Wildman–Crippen LogP) is 1.34. The lowest BCUT2D eigenvalue weighted by Crippen LogP contribution is -2.50. The number of aryl methyl sites for hydroxylation is 1. The van der Waals surface area contributed by atoms with Crippen molar-refractivity contribution < 1.29 is 19.5 Å². The largest absolute Gasteiger partial charge is 0.476 e. The van der Waals surface area contributed by atoms with Crippen LogP contribution in [-0.2, 0) is 6.42 Å². The van der Waals surface area contributed by atoms with Gasteiger partial charge in [0.25, 0.3) is 11.8 Å². The van der Waals surface area contributed by atoms with Gasteiger partial charge in [-0.15, -0.1) is 0 Å². The first-order valence-electron chi connectivity index (χ1n) is 8.72. The third-order valence-corrected chi connectivity index (χ3v) is 4.55. The zero-order valence-electron chi connectivity index (χ0n) is 15.0. The lowest BCUT2D eigenvalue weighted by Gasteiger charge is -2.34. The molecular weight excluding hydrogens is 348 g/mol. The molecule has 2 heterocycles. The fourth-order valence-electron chi connectivity index (χ4n) is 2.89. The van der Waals surface area contributed by atoms with Gasteiger partial charge in [0.1, 0.15) is 5.69 Å². The summed E-state index contributed by atoms with van der Waals surface area (Å²) in [4.78, 5) is 46.8. The van der Waals surface area contributed by atoms with E-state index in [0.29, 0.717) is 31.7 Å². The molecule has 1 saturated heterocycles. The molecule has 1 aromatic heterocycles. The van der Waals surface area contributed by atoms with Crippen LogP contribution >= 0.6 is 0 Å². The Kier molecular flexibility index (Phi) is 5.44. The van der Waals surface area contributed by atoms with Gasteiger partial charge < -0.3 is 14.9 Å². The number of aromatic carboxylic acids is 1. The van der Waals surface area contributed by atoms with Gasteiger partial charge in [-0.05, 0) is 24.1 Å². The molecule has 0 radical (unpaired) electrons. The maximum absolute atomic E-state index is 12.6. The second-order valence-electron chi connectivity index (χ2n) is 6.23. The SMILES string of the molecule is CCc1ccc(C(=O)N2CCN(C(=O)c3cnc(C(=O)O)cn3)CC2)cc1. The Labute approximate surface area is 156 Å². The molecule has 1 aliphatic rings. The first-order valence-corrected chi connectivity index (χ1v) is 8.72. The smallest absolute Gasteiger partial charge is 0.356 e. The molecule has 1 aromatic carbocycles. The van der Waals surface area contributed by atoms with E-state index in [1.165, 1.54) is 11.8 Å².